The fourth-order valence-electron chi connectivity index (χ4n) is 2.68. The molecule has 1 aromatic heterocycles. The molecule has 0 aliphatic heterocycles. The summed E-state index contributed by atoms with van der Waals surface area (Å²) in [5.41, 5.74) is 4.12. The van der Waals surface area contributed by atoms with Gasteiger partial charge in [0.15, 0.2) is 16.6 Å². The number of aromatic nitrogens is 2. The van der Waals surface area contributed by atoms with Gasteiger partial charge in [-0.2, -0.15) is 5.10 Å². The highest BCUT2D eigenvalue weighted by Crippen LogP contribution is 2.28. The third-order valence-corrected chi connectivity index (χ3v) is 4.30. The van der Waals surface area contributed by atoms with Crippen LogP contribution in [0, 0.1) is 13.8 Å². The summed E-state index contributed by atoms with van der Waals surface area (Å²) in [6, 6.07) is 6.05. The van der Waals surface area contributed by atoms with Crippen molar-refractivity contribution in [2.45, 2.75) is 34.1 Å². The third kappa shape index (κ3) is 5.11. The normalized spacial score (nSPS) is 10.5. The van der Waals surface area contributed by atoms with E-state index in [2.05, 4.69) is 21.8 Å². The number of hydrogen-bond acceptors (Lipinski definition) is 4. The molecule has 2 N–H and O–H groups in total. The summed E-state index contributed by atoms with van der Waals surface area (Å²) in [5.74, 6) is 1.57. The lowest BCUT2D eigenvalue weighted by atomic mass is 10.1. The van der Waals surface area contributed by atoms with Gasteiger partial charge in [-0.1, -0.05) is 6.07 Å². The Hall–Kier alpha value is -2.28. The molecule has 0 saturated heterocycles. The van der Waals surface area contributed by atoms with Crippen molar-refractivity contribution in [1.29, 1.82) is 0 Å². The second-order valence-electron chi connectivity index (χ2n) is 5.95. The van der Waals surface area contributed by atoms with E-state index < -0.39 is 0 Å². The molecule has 0 aliphatic carbocycles. The zero-order valence-corrected chi connectivity index (χ0v) is 17.0. The van der Waals surface area contributed by atoms with Crippen LogP contribution in [0.15, 0.2) is 18.2 Å². The Morgan fingerprint density at radius 2 is 1.85 bits per heavy atom. The van der Waals surface area contributed by atoms with Crippen molar-refractivity contribution in [2.75, 3.05) is 25.1 Å². The first kappa shape index (κ1) is 20.0. The van der Waals surface area contributed by atoms with E-state index in [1.54, 1.807) is 0 Å². The summed E-state index contributed by atoms with van der Waals surface area (Å²) in [5, 5.41) is 11.5. The predicted octanol–water partition coefficient (Wildman–Crippen LogP) is 3.36. The number of rotatable bonds is 8. The molecule has 0 unspecified atom stereocenters. The maximum Gasteiger partial charge on any atom is 0.170 e. The lowest BCUT2D eigenvalue weighted by Gasteiger charge is -2.13. The van der Waals surface area contributed by atoms with Gasteiger partial charge in [-0.25, -0.2) is 0 Å². The molecule has 6 nitrogen and oxygen atoms in total. The second kappa shape index (κ2) is 9.43. The van der Waals surface area contributed by atoms with Crippen LogP contribution in [-0.4, -0.2) is 34.7 Å². The third-order valence-electron chi connectivity index (χ3n) is 4.05. The van der Waals surface area contributed by atoms with Gasteiger partial charge in [0.25, 0.3) is 0 Å². The fraction of sp³-hybridized carbons (Fsp3) is 0.474. The van der Waals surface area contributed by atoms with E-state index in [1.165, 1.54) is 5.56 Å². The van der Waals surface area contributed by atoms with Gasteiger partial charge in [0.2, 0.25) is 0 Å². The van der Waals surface area contributed by atoms with Gasteiger partial charge in [0.1, 0.15) is 0 Å². The summed E-state index contributed by atoms with van der Waals surface area (Å²) in [7, 11) is 1.92. The molecular formula is C19H28N4O2S. The molecule has 7 heteroatoms. The Labute approximate surface area is 160 Å². The standard InChI is InChI=1S/C19H28N4O2S/c1-6-24-16-9-8-15(12-17(16)25-7-2)10-11-20-19(26)21-18-13(3)22-23(5)14(18)4/h8-9,12H,6-7,10-11H2,1-5H3,(H2,20,21,26). The Bertz CT molecular complexity index is 758. The van der Waals surface area contributed by atoms with Crippen LogP contribution in [0.2, 0.25) is 0 Å². The highest BCUT2D eigenvalue weighted by molar-refractivity contribution is 7.80. The number of anilines is 1. The summed E-state index contributed by atoms with van der Waals surface area (Å²) < 4.78 is 13.1. The Morgan fingerprint density at radius 1 is 1.15 bits per heavy atom. The lowest BCUT2D eigenvalue weighted by Crippen LogP contribution is -2.30. The number of hydrogen-bond donors (Lipinski definition) is 2. The van der Waals surface area contributed by atoms with Crippen molar-refractivity contribution in [3.8, 4) is 11.5 Å². The number of aryl methyl sites for hydroxylation is 2. The van der Waals surface area contributed by atoms with Crippen LogP contribution in [0.5, 0.6) is 11.5 Å². The molecule has 0 bridgehead atoms. The van der Waals surface area contributed by atoms with Gasteiger partial charge < -0.3 is 20.1 Å². The molecular weight excluding hydrogens is 348 g/mol. The van der Waals surface area contributed by atoms with Crippen molar-refractivity contribution in [1.82, 2.24) is 15.1 Å². The van der Waals surface area contributed by atoms with E-state index in [9.17, 15) is 0 Å². The molecule has 0 fully saturated rings. The van der Waals surface area contributed by atoms with Crippen LogP contribution in [0.25, 0.3) is 0 Å². The van der Waals surface area contributed by atoms with E-state index >= 15 is 0 Å². The van der Waals surface area contributed by atoms with Crippen LogP contribution in [0.3, 0.4) is 0 Å². The molecule has 2 rings (SSSR count). The fourth-order valence-corrected chi connectivity index (χ4v) is 2.89. The van der Waals surface area contributed by atoms with Crippen molar-refractivity contribution in [2.24, 2.45) is 7.05 Å². The monoisotopic (exact) mass is 376 g/mol. The molecule has 0 spiro atoms. The molecule has 26 heavy (non-hydrogen) atoms. The van der Waals surface area contributed by atoms with Gasteiger partial charge in [0, 0.05) is 13.6 Å². The average Bonchev–Trinajstić information content (AvgIpc) is 2.84. The zero-order valence-electron chi connectivity index (χ0n) is 16.2. The molecule has 1 aromatic carbocycles. The van der Waals surface area contributed by atoms with Gasteiger partial charge >= 0.3 is 0 Å². The van der Waals surface area contributed by atoms with Crippen LogP contribution >= 0.6 is 12.2 Å². The first-order valence-electron chi connectivity index (χ1n) is 8.89. The van der Waals surface area contributed by atoms with Crippen LogP contribution in [0.4, 0.5) is 5.69 Å². The lowest BCUT2D eigenvalue weighted by molar-refractivity contribution is 0.287. The minimum atomic E-state index is 0.597. The van der Waals surface area contributed by atoms with E-state index in [1.807, 2.05) is 51.6 Å². The average molecular weight is 377 g/mol. The van der Waals surface area contributed by atoms with Crippen LogP contribution < -0.4 is 20.1 Å². The molecule has 0 saturated carbocycles. The Balaban J connectivity index is 1.90. The highest BCUT2D eigenvalue weighted by Gasteiger charge is 2.10. The van der Waals surface area contributed by atoms with Crippen molar-refractivity contribution < 1.29 is 9.47 Å². The van der Waals surface area contributed by atoms with Gasteiger partial charge in [0.05, 0.1) is 30.3 Å². The van der Waals surface area contributed by atoms with Crippen molar-refractivity contribution >= 4 is 23.0 Å². The molecule has 1 heterocycles. The maximum absolute atomic E-state index is 5.67. The minimum absolute atomic E-state index is 0.597. The van der Waals surface area contributed by atoms with Crippen molar-refractivity contribution in [3.05, 3.63) is 35.2 Å². The summed E-state index contributed by atoms with van der Waals surface area (Å²) in [6.07, 6.45) is 0.833. The number of benzene rings is 1. The van der Waals surface area contributed by atoms with Crippen LogP contribution in [0.1, 0.15) is 30.8 Å². The largest absolute Gasteiger partial charge is 0.490 e. The first-order chi connectivity index (χ1) is 12.5. The van der Waals surface area contributed by atoms with Crippen LogP contribution in [-0.2, 0) is 13.5 Å². The smallest absolute Gasteiger partial charge is 0.170 e. The van der Waals surface area contributed by atoms with E-state index in [4.69, 9.17) is 21.7 Å². The number of nitrogens with one attached hydrogen (secondary N) is 2. The summed E-state index contributed by atoms with van der Waals surface area (Å²) in [6.45, 7) is 9.87. The first-order valence-corrected chi connectivity index (χ1v) is 9.30. The minimum Gasteiger partial charge on any atom is -0.490 e. The molecule has 0 radical (unpaired) electrons. The highest BCUT2D eigenvalue weighted by atomic mass is 32.1. The van der Waals surface area contributed by atoms with Crippen molar-refractivity contribution in [3.63, 3.8) is 0 Å². The SMILES string of the molecule is CCOc1ccc(CCNC(=S)Nc2c(C)nn(C)c2C)cc1OCC. The molecule has 0 aliphatic rings. The molecule has 0 atom stereocenters. The Kier molecular flexibility index (Phi) is 7.26. The van der Waals surface area contributed by atoms with Gasteiger partial charge in [-0.3, -0.25) is 4.68 Å². The van der Waals surface area contributed by atoms with E-state index in [0.29, 0.717) is 18.3 Å². The number of nitrogens with zero attached hydrogens (tertiary/aromatic N) is 2. The summed E-state index contributed by atoms with van der Waals surface area (Å²) in [4.78, 5) is 0. The molecule has 2 aromatic rings. The number of thiocarbonyl (C=S) groups is 1. The van der Waals surface area contributed by atoms with E-state index in [0.717, 1.165) is 41.5 Å². The second-order valence-corrected chi connectivity index (χ2v) is 6.36. The maximum atomic E-state index is 5.67. The molecule has 0 amide bonds. The topological polar surface area (TPSA) is 60.3 Å². The number of ether oxygens (including phenoxy) is 2. The van der Waals surface area contributed by atoms with Gasteiger partial charge in [-0.05, 0) is 64.0 Å². The molecule has 142 valence electrons. The Morgan fingerprint density at radius 3 is 2.46 bits per heavy atom. The summed E-state index contributed by atoms with van der Waals surface area (Å²) >= 11 is 5.40. The zero-order chi connectivity index (χ0) is 19.1. The van der Waals surface area contributed by atoms with E-state index in [-0.39, 0.29) is 0 Å². The predicted molar refractivity (Wildman–Crippen MR) is 109 cm³/mol. The van der Waals surface area contributed by atoms with Gasteiger partial charge in [-0.15, -0.1) is 0 Å². The quantitative estimate of drug-likeness (QED) is 0.689.